The van der Waals surface area contributed by atoms with E-state index in [0.717, 1.165) is 69.6 Å². The van der Waals surface area contributed by atoms with Gasteiger partial charge in [0.15, 0.2) is 6.10 Å². The van der Waals surface area contributed by atoms with Crippen LogP contribution in [0.2, 0.25) is 0 Å². The third kappa shape index (κ3) is 59.2. The highest BCUT2D eigenvalue weighted by molar-refractivity contribution is 5.71. The van der Waals surface area contributed by atoms with Gasteiger partial charge in [-0.3, -0.25) is 14.4 Å². The summed E-state index contributed by atoms with van der Waals surface area (Å²) in [5.41, 5.74) is 0. The summed E-state index contributed by atoms with van der Waals surface area (Å²) in [6, 6.07) is 0. The maximum atomic E-state index is 12.9. The van der Waals surface area contributed by atoms with Gasteiger partial charge in [0.25, 0.3) is 0 Å². The molecule has 0 aliphatic carbocycles. The van der Waals surface area contributed by atoms with Gasteiger partial charge >= 0.3 is 17.9 Å². The molecule has 0 rings (SSSR count). The number of unbranched alkanes of at least 4 members (excludes halogenated alkanes) is 44. The molecular formula is C65H126O6. The average molecular weight is 1000 g/mol. The summed E-state index contributed by atoms with van der Waals surface area (Å²) in [7, 11) is 0. The van der Waals surface area contributed by atoms with Crippen molar-refractivity contribution in [1.82, 2.24) is 0 Å². The highest BCUT2D eigenvalue weighted by Crippen LogP contribution is 2.19. The summed E-state index contributed by atoms with van der Waals surface area (Å²) < 4.78 is 17.0. The number of hydrogen-bond donors (Lipinski definition) is 0. The summed E-state index contributed by atoms with van der Waals surface area (Å²) in [6.07, 6.45) is 63.9. The smallest absolute Gasteiger partial charge is 0.306 e. The molecule has 0 saturated heterocycles. The Morgan fingerprint density at radius 1 is 0.268 bits per heavy atom. The first-order valence-electron chi connectivity index (χ1n) is 32.2. The molecule has 6 nitrogen and oxygen atoms in total. The predicted octanol–water partition coefficient (Wildman–Crippen LogP) is 21.6. The van der Waals surface area contributed by atoms with Crippen molar-refractivity contribution in [2.45, 2.75) is 375 Å². The van der Waals surface area contributed by atoms with Gasteiger partial charge in [-0.05, 0) is 31.1 Å². The monoisotopic (exact) mass is 1000 g/mol. The van der Waals surface area contributed by atoms with E-state index in [-0.39, 0.29) is 31.1 Å². The van der Waals surface area contributed by atoms with Crippen molar-refractivity contribution in [3.8, 4) is 0 Å². The fourth-order valence-corrected chi connectivity index (χ4v) is 10.1. The van der Waals surface area contributed by atoms with Crippen molar-refractivity contribution >= 4 is 17.9 Å². The van der Waals surface area contributed by atoms with Gasteiger partial charge in [0.2, 0.25) is 0 Å². The Morgan fingerprint density at radius 3 is 0.690 bits per heavy atom. The number of ether oxygens (including phenoxy) is 3. The van der Waals surface area contributed by atoms with Crippen LogP contribution < -0.4 is 0 Å². The van der Waals surface area contributed by atoms with E-state index in [0.29, 0.717) is 19.3 Å². The lowest BCUT2D eigenvalue weighted by Crippen LogP contribution is -2.30. The lowest BCUT2D eigenvalue weighted by Gasteiger charge is -2.18. The van der Waals surface area contributed by atoms with Gasteiger partial charge in [0, 0.05) is 19.3 Å². The van der Waals surface area contributed by atoms with Crippen LogP contribution in [0.1, 0.15) is 369 Å². The maximum Gasteiger partial charge on any atom is 0.306 e. The van der Waals surface area contributed by atoms with Crippen molar-refractivity contribution in [1.29, 1.82) is 0 Å². The van der Waals surface area contributed by atoms with E-state index in [1.807, 2.05) is 0 Å². The van der Waals surface area contributed by atoms with Crippen molar-refractivity contribution in [3.05, 3.63) is 0 Å². The highest BCUT2D eigenvalue weighted by Gasteiger charge is 2.19. The molecule has 0 amide bonds. The van der Waals surface area contributed by atoms with E-state index in [2.05, 4.69) is 34.6 Å². The van der Waals surface area contributed by atoms with E-state index < -0.39 is 6.10 Å². The number of rotatable bonds is 59. The SMILES string of the molecule is CCCCCCCCCCCCCCCCCCC(=O)OC[C@@H](COC(=O)CCCCCCCCCCCCCCCC(C)C)OC(=O)CCCCCCCCCCCCCCCCCCCCC(C)C. The summed E-state index contributed by atoms with van der Waals surface area (Å²) in [4.78, 5) is 38.3. The molecule has 0 aromatic carbocycles. The van der Waals surface area contributed by atoms with Gasteiger partial charge in [0.05, 0.1) is 0 Å². The number of hydrogen-bond acceptors (Lipinski definition) is 6. The van der Waals surface area contributed by atoms with Crippen LogP contribution >= 0.6 is 0 Å². The molecule has 0 heterocycles. The lowest BCUT2D eigenvalue weighted by atomic mass is 10.0. The van der Waals surface area contributed by atoms with Crippen LogP contribution in [0.15, 0.2) is 0 Å². The lowest BCUT2D eigenvalue weighted by molar-refractivity contribution is -0.167. The first kappa shape index (κ1) is 69.4. The Bertz CT molecular complexity index is 1090. The van der Waals surface area contributed by atoms with Gasteiger partial charge < -0.3 is 14.2 Å². The minimum Gasteiger partial charge on any atom is -0.462 e. The van der Waals surface area contributed by atoms with Gasteiger partial charge in [-0.1, -0.05) is 330 Å². The molecule has 71 heavy (non-hydrogen) atoms. The van der Waals surface area contributed by atoms with Gasteiger partial charge in [-0.15, -0.1) is 0 Å². The van der Waals surface area contributed by atoms with Gasteiger partial charge in [-0.2, -0.15) is 0 Å². The van der Waals surface area contributed by atoms with E-state index in [9.17, 15) is 14.4 Å². The minimum atomic E-state index is -0.764. The third-order valence-electron chi connectivity index (χ3n) is 15.0. The molecule has 0 aromatic heterocycles. The van der Waals surface area contributed by atoms with E-state index in [1.165, 1.54) is 257 Å². The Morgan fingerprint density at radius 2 is 0.465 bits per heavy atom. The number of esters is 3. The van der Waals surface area contributed by atoms with Crippen LogP contribution in [0.3, 0.4) is 0 Å². The summed E-state index contributed by atoms with van der Waals surface area (Å²) in [5.74, 6) is 0.868. The van der Waals surface area contributed by atoms with Crippen LogP contribution in [0.4, 0.5) is 0 Å². The van der Waals surface area contributed by atoms with Gasteiger partial charge in [0.1, 0.15) is 13.2 Å². The molecule has 0 unspecified atom stereocenters. The summed E-state index contributed by atoms with van der Waals surface area (Å²) in [6.45, 7) is 11.5. The molecule has 0 bridgehead atoms. The second-order valence-electron chi connectivity index (χ2n) is 23.4. The second-order valence-corrected chi connectivity index (χ2v) is 23.4. The normalized spacial score (nSPS) is 12.0. The molecule has 0 spiro atoms. The van der Waals surface area contributed by atoms with Crippen molar-refractivity contribution in [3.63, 3.8) is 0 Å². The molecule has 0 N–H and O–H groups in total. The standard InChI is InChI=1S/C65H126O6/c1-6-7-8-9-10-11-12-13-14-20-25-30-35-40-45-50-55-63(66)69-58-62(59-70-64(67)56-51-46-41-36-31-27-22-24-29-34-39-44-49-54-61(4)5)71-65(68)57-52-47-42-37-32-26-21-18-16-15-17-19-23-28-33-38-43-48-53-60(2)3/h60-62H,6-59H2,1-5H3/t62-/m0/s1. The average Bonchev–Trinajstić information content (AvgIpc) is 3.35. The topological polar surface area (TPSA) is 78.9 Å². The zero-order valence-corrected chi connectivity index (χ0v) is 48.9. The summed E-state index contributed by atoms with van der Waals surface area (Å²) >= 11 is 0. The molecule has 0 radical (unpaired) electrons. The molecular weight excluding hydrogens is 877 g/mol. The predicted molar refractivity (Wildman–Crippen MR) is 307 cm³/mol. The fraction of sp³-hybridized carbons (Fsp3) is 0.954. The Balaban J connectivity index is 4.28. The quantitative estimate of drug-likeness (QED) is 0.0343. The van der Waals surface area contributed by atoms with Crippen LogP contribution in [-0.2, 0) is 28.6 Å². The van der Waals surface area contributed by atoms with Crippen molar-refractivity contribution in [2.24, 2.45) is 11.8 Å². The van der Waals surface area contributed by atoms with Gasteiger partial charge in [-0.25, -0.2) is 0 Å². The van der Waals surface area contributed by atoms with Crippen molar-refractivity contribution in [2.75, 3.05) is 13.2 Å². The Labute approximate surface area is 444 Å². The molecule has 0 saturated carbocycles. The minimum absolute atomic E-state index is 0.0617. The molecule has 6 heteroatoms. The molecule has 1 atom stereocenters. The first-order valence-corrected chi connectivity index (χ1v) is 32.2. The second kappa shape index (κ2) is 57.7. The highest BCUT2D eigenvalue weighted by atomic mass is 16.6. The van der Waals surface area contributed by atoms with Crippen LogP contribution in [0, 0.1) is 11.8 Å². The van der Waals surface area contributed by atoms with E-state index in [1.54, 1.807) is 0 Å². The van der Waals surface area contributed by atoms with E-state index in [4.69, 9.17) is 14.2 Å². The molecule has 0 fully saturated rings. The zero-order valence-electron chi connectivity index (χ0n) is 48.9. The first-order chi connectivity index (χ1) is 34.7. The van der Waals surface area contributed by atoms with Crippen LogP contribution in [-0.4, -0.2) is 37.2 Å². The molecule has 0 aromatic rings. The summed E-state index contributed by atoms with van der Waals surface area (Å²) in [5, 5.41) is 0. The largest absolute Gasteiger partial charge is 0.462 e. The molecule has 0 aliphatic heterocycles. The Kier molecular flexibility index (Phi) is 56.4. The molecule has 0 aliphatic rings. The Hall–Kier alpha value is -1.59. The van der Waals surface area contributed by atoms with Crippen LogP contribution in [0.5, 0.6) is 0 Å². The number of carbonyl (C=O) groups excluding carboxylic acids is 3. The van der Waals surface area contributed by atoms with Crippen molar-refractivity contribution < 1.29 is 28.6 Å². The number of carbonyl (C=O) groups is 3. The van der Waals surface area contributed by atoms with E-state index >= 15 is 0 Å². The third-order valence-corrected chi connectivity index (χ3v) is 15.0. The molecule has 422 valence electrons. The maximum absolute atomic E-state index is 12.9. The van der Waals surface area contributed by atoms with Crippen LogP contribution in [0.25, 0.3) is 0 Å². The fourth-order valence-electron chi connectivity index (χ4n) is 10.1. The zero-order chi connectivity index (χ0) is 51.8.